The summed E-state index contributed by atoms with van der Waals surface area (Å²) < 4.78 is 4.00. The molecule has 1 heterocycles. The number of hydrogen-bond acceptors (Lipinski definition) is 4. The topological polar surface area (TPSA) is 37.8 Å². The van der Waals surface area contributed by atoms with Crippen molar-refractivity contribution >= 4 is 34.7 Å². The summed E-state index contributed by atoms with van der Waals surface area (Å²) in [7, 11) is 0. The van der Waals surface area contributed by atoms with Gasteiger partial charge in [-0.1, -0.05) is 34.6 Å². The van der Waals surface area contributed by atoms with E-state index in [0.29, 0.717) is 5.02 Å². The minimum Gasteiger partial charge on any atom is -0.309 e. The summed E-state index contributed by atoms with van der Waals surface area (Å²) >= 11 is 13.7. The number of nitrogens with one attached hydrogen (secondary N) is 1. The number of aromatic nitrogens is 2. The molecule has 0 saturated heterocycles. The fourth-order valence-electron chi connectivity index (χ4n) is 1.98. The van der Waals surface area contributed by atoms with E-state index < -0.39 is 0 Å². The molecule has 1 unspecified atom stereocenters. The van der Waals surface area contributed by atoms with E-state index in [2.05, 4.69) is 21.8 Å². The summed E-state index contributed by atoms with van der Waals surface area (Å²) in [5.41, 5.74) is 2.00. The lowest BCUT2D eigenvalue weighted by atomic mass is 10.0. The predicted molar refractivity (Wildman–Crippen MR) is 81.2 cm³/mol. The molecule has 0 fully saturated rings. The summed E-state index contributed by atoms with van der Waals surface area (Å²) in [4.78, 5) is 1.15. The van der Waals surface area contributed by atoms with Crippen molar-refractivity contribution in [3.05, 3.63) is 44.4 Å². The fraction of sp³-hybridized carbons (Fsp3) is 0.385. The Morgan fingerprint density at radius 2 is 2.16 bits per heavy atom. The van der Waals surface area contributed by atoms with Gasteiger partial charge in [0.05, 0.1) is 10.6 Å². The molecule has 2 rings (SSSR count). The van der Waals surface area contributed by atoms with Crippen LogP contribution in [-0.2, 0) is 6.42 Å². The molecule has 0 aliphatic carbocycles. The van der Waals surface area contributed by atoms with Crippen LogP contribution < -0.4 is 5.32 Å². The molecule has 0 aliphatic heterocycles. The Morgan fingerprint density at radius 1 is 1.37 bits per heavy atom. The Kier molecular flexibility index (Phi) is 5.16. The molecule has 2 aromatic rings. The van der Waals surface area contributed by atoms with Gasteiger partial charge in [-0.2, -0.15) is 0 Å². The van der Waals surface area contributed by atoms with Crippen LogP contribution in [0.3, 0.4) is 0 Å². The van der Waals surface area contributed by atoms with Gasteiger partial charge in [-0.15, -0.1) is 5.10 Å². The van der Waals surface area contributed by atoms with Crippen LogP contribution in [-0.4, -0.2) is 16.1 Å². The maximum Gasteiger partial charge on any atom is 0.0772 e. The van der Waals surface area contributed by atoms with E-state index in [9.17, 15) is 0 Å². The molecule has 0 radical (unpaired) electrons. The van der Waals surface area contributed by atoms with Gasteiger partial charge in [-0.25, -0.2) is 0 Å². The average Bonchev–Trinajstić information content (AvgIpc) is 2.79. The summed E-state index contributed by atoms with van der Waals surface area (Å²) in [5.74, 6) is 0. The molecule has 6 heteroatoms. The molecular formula is C13H15Cl2N3S. The van der Waals surface area contributed by atoms with Crippen molar-refractivity contribution < 1.29 is 0 Å². The molecule has 0 aliphatic rings. The molecular weight excluding hydrogens is 301 g/mol. The summed E-state index contributed by atoms with van der Waals surface area (Å²) in [5, 5.41) is 8.96. The van der Waals surface area contributed by atoms with Crippen LogP contribution in [0.15, 0.2) is 18.2 Å². The largest absolute Gasteiger partial charge is 0.309 e. The second kappa shape index (κ2) is 6.66. The van der Waals surface area contributed by atoms with Gasteiger partial charge in [0.1, 0.15) is 0 Å². The Balaban J connectivity index is 2.26. The van der Waals surface area contributed by atoms with Crippen molar-refractivity contribution in [1.82, 2.24) is 14.9 Å². The van der Waals surface area contributed by atoms with Gasteiger partial charge in [-0.3, -0.25) is 0 Å². The maximum absolute atomic E-state index is 6.23. The normalized spacial score (nSPS) is 12.6. The number of likely N-dealkylation sites (N-methyl/N-ethyl adjacent to an activating group) is 1. The first kappa shape index (κ1) is 14.7. The van der Waals surface area contributed by atoms with Gasteiger partial charge in [-0.05, 0) is 55.2 Å². The highest BCUT2D eigenvalue weighted by molar-refractivity contribution is 7.05. The van der Waals surface area contributed by atoms with Gasteiger partial charge in [0.15, 0.2) is 0 Å². The summed E-state index contributed by atoms with van der Waals surface area (Å²) in [6.45, 7) is 4.93. The Labute approximate surface area is 127 Å². The molecule has 0 amide bonds. The van der Waals surface area contributed by atoms with Crippen LogP contribution in [0.25, 0.3) is 0 Å². The Bertz CT molecular complexity index is 557. The summed E-state index contributed by atoms with van der Waals surface area (Å²) in [6.07, 6.45) is 0.776. The molecule has 3 nitrogen and oxygen atoms in total. The third-order valence-electron chi connectivity index (χ3n) is 2.89. The lowest BCUT2D eigenvalue weighted by Gasteiger charge is -2.17. The highest BCUT2D eigenvalue weighted by Crippen LogP contribution is 2.28. The molecule has 1 aromatic carbocycles. The lowest BCUT2D eigenvalue weighted by Crippen LogP contribution is -2.23. The molecule has 102 valence electrons. The number of halogens is 2. The quantitative estimate of drug-likeness (QED) is 0.904. The van der Waals surface area contributed by atoms with Gasteiger partial charge in [0.2, 0.25) is 0 Å². The van der Waals surface area contributed by atoms with Crippen molar-refractivity contribution in [1.29, 1.82) is 0 Å². The van der Waals surface area contributed by atoms with E-state index in [-0.39, 0.29) is 6.04 Å². The zero-order chi connectivity index (χ0) is 13.8. The molecule has 0 saturated carbocycles. The molecule has 1 N–H and O–H groups in total. The van der Waals surface area contributed by atoms with Crippen LogP contribution >= 0.6 is 34.7 Å². The molecule has 0 spiro atoms. The predicted octanol–water partition coefficient (Wildman–Crippen LogP) is 4.05. The maximum atomic E-state index is 6.23. The number of aryl methyl sites for hydroxylation is 1. The van der Waals surface area contributed by atoms with Crippen LogP contribution in [0.4, 0.5) is 0 Å². The summed E-state index contributed by atoms with van der Waals surface area (Å²) in [6, 6.07) is 5.72. The van der Waals surface area contributed by atoms with Crippen LogP contribution in [0.1, 0.15) is 29.1 Å². The first-order chi connectivity index (χ1) is 9.11. The molecule has 0 bridgehead atoms. The minimum atomic E-state index is 0.168. The second-order valence-corrected chi connectivity index (χ2v) is 5.90. The highest BCUT2D eigenvalue weighted by atomic mass is 35.5. The number of nitrogens with zero attached hydrogens (tertiary/aromatic N) is 2. The van der Waals surface area contributed by atoms with Crippen LogP contribution in [0, 0.1) is 6.92 Å². The van der Waals surface area contributed by atoms with E-state index >= 15 is 0 Å². The zero-order valence-corrected chi connectivity index (χ0v) is 13.1. The third-order valence-corrected chi connectivity index (χ3v) is 4.43. The molecule has 19 heavy (non-hydrogen) atoms. The zero-order valence-electron chi connectivity index (χ0n) is 10.8. The van der Waals surface area contributed by atoms with Crippen LogP contribution in [0.5, 0.6) is 0 Å². The average molecular weight is 316 g/mol. The third kappa shape index (κ3) is 3.66. The standard InChI is InChI=1S/C13H15Cl2N3S/c1-3-16-12(13-8(2)17-18-19-13)7-9-6-10(14)4-5-11(9)15/h4-6,12,16H,3,7H2,1-2H3. The number of rotatable bonds is 5. The number of hydrogen-bond donors (Lipinski definition) is 1. The van der Waals surface area contributed by atoms with E-state index in [1.165, 1.54) is 11.5 Å². The first-order valence-corrected chi connectivity index (χ1v) is 7.61. The Hall–Kier alpha value is -0.680. The van der Waals surface area contributed by atoms with Gasteiger partial charge >= 0.3 is 0 Å². The van der Waals surface area contributed by atoms with Crippen LogP contribution in [0.2, 0.25) is 10.0 Å². The van der Waals surface area contributed by atoms with Crippen molar-refractivity contribution in [3.63, 3.8) is 0 Å². The fourth-order valence-corrected chi connectivity index (χ4v) is 3.09. The SMILES string of the molecule is CCNC(Cc1cc(Cl)ccc1Cl)c1snnc1C. The lowest BCUT2D eigenvalue weighted by molar-refractivity contribution is 0.555. The van der Waals surface area contributed by atoms with Crippen molar-refractivity contribution in [2.75, 3.05) is 6.54 Å². The van der Waals surface area contributed by atoms with Crippen molar-refractivity contribution in [2.45, 2.75) is 26.3 Å². The monoisotopic (exact) mass is 315 g/mol. The minimum absolute atomic E-state index is 0.168. The molecule has 1 aromatic heterocycles. The molecule has 1 atom stereocenters. The Morgan fingerprint density at radius 3 is 2.79 bits per heavy atom. The van der Waals surface area contributed by atoms with Gasteiger partial charge in [0.25, 0.3) is 0 Å². The second-order valence-electron chi connectivity index (χ2n) is 4.27. The first-order valence-electron chi connectivity index (χ1n) is 6.08. The van der Waals surface area contributed by atoms with E-state index in [1.807, 2.05) is 19.1 Å². The van der Waals surface area contributed by atoms with Crippen molar-refractivity contribution in [2.24, 2.45) is 0 Å². The van der Waals surface area contributed by atoms with Gasteiger partial charge in [0, 0.05) is 16.1 Å². The smallest absolute Gasteiger partial charge is 0.0772 e. The van der Waals surface area contributed by atoms with Gasteiger partial charge < -0.3 is 5.32 Å². The highest BCUT2D eigenvalue weighted by Gasteiger charge is 2.18. The number of benzene rings is 1. The van der Waals surface area contributed by atoms with Crippen molar-refractivity contribution in [3.8, 4) is 0 Å². The van der Waals surface area contributed by atoms with E-state index in [1.54, 1.807) is 6.07 Å². The van der Waals surface area contributed by atoms with E-state index in [0.717, 1.165) is 34.1 Å². The van der Waals surface area contributed by atoms with E-state index in [4.69, 9.17) is 23.2 Å².